The van der Waals surface area contributed by atoms with Crippen LogP contribution in [0.15, 0.2) is 24.3 Å². The van der Waals surface area contributed by atoms with Crippen molar-refractivity contribution in [2.75, 3.05) is 13.7 Å². The Bertz CT molecular complexity index is 387. The summed E-state index contributed by atoms with van der Waals surface area (Å²) in [6, 6.07) is 6.79. The molecular weight excluding hydrogens is 246 g/mol. The molecule has 0 aliphatic rings. The van der Waals surface area contributed by atoms with Crippen LogP contribution in [0, 0.1) is 0 Å². The summed E-state index contributed by atoms with van der Waals surface area (Å²) in [5.41, 5.74) is 0. The zero-order valence-corrected chi connectivity index (χ0v) is 11.6. The number of carbonyl (C=O) groups excluding carboxylic acids is 1. The molecule has 1 unspecified atom stereocenters. The quantitative estimate of drug-likeness (QED) is 0.782. The largest absolute Gasteiger partial charge is 0.497 e. The number of benzene rings is 1. The highest BCUT2D eigenvalue weighted by atomic mass is 16.5. The van der Waals surface area contributed by atoms with E-state index < -0.39 is 6.10 Å². The maximum Gasteiger partial charge on any atom is 0.261 e. The number of amides is 1. The van der Waals surface area contributed by atoms with Gasteiger partial charge in [0.2, 0.25) is 0 Å². The molecule has 0 spiro atoms. The van der Waals surface area contributed by atoms with Crippen LogP contribution >= 0.6 is 0 Å². The highest BCUT2D eigenvalue weighted by Gasteiger charge is 2.17. The third kappa shape index (κ3) is 4.79. The highest BCUT2D eigenvalue weighted by molar-refractivity contribution is 5.81. The van der Waals surface area contributed by atoms with Crippen LogP contribution in [0.4, 0.5) is 0 Å². The number of hydrogen-bond acceptors (Lipinski definition) is 4. The molecule has 5 nitrogen and oxygen atoms in total. The summed E-state index contributed by atoms with van der Waals surface area (Å²) in [4.78, 5) is 11.8. The number of carbonyl (C=O) groups is 1. The Kier molecular flexibility index (Phi) is 6.15. The Morgan fingerprint density at radius 1 is 1.32 bits per heavy atom. The first-order valence-corrected chi connectivity index (χ1v) is 6.32. The third-order valence-electron chi connectivity index (χ3n) is 2.80. The van der Waals surface area contributed by atoms with Crippen LogP contribution in [0.1, 0.15) is 20.3 Å². The van der Waals surface area contributed by atoms with Gasteiger partial charge in [0.15, 0.2) is 6.10 Å². The molecule has 0 aliphatic carbocycles. The molecule has 0 saturated heterocycles. The second kappa shape index (κ2) is 7.63. The van der Waals surface area contributed by atoms with Gasteiger partial charge in [-0.2, -0.15) is 0 Å². The summed E-state index contributed by atoms with van der Waals surface area (Å²) in [6.45, 7) is 3.50. The van der Waals surface area contributed by atoms with E-state index in [1.807, 2.05) is 6.92 Å². The lowest BCUT2D eigenvalue weighted by Gasteiger charge is -2.19. The van der Waals surface area contributed by atoms with Crippen molar-refractivity contribution >= 4 is 5.91 Å². The third-order valence-corrected chi connectivity index (χ3v) is 2.80. The van der Waals surface area contributed by atoms with E-state index in [2.05, 4.69) is 5.32 Å². The van der Waals surface area contributed by atoms with Gasteiger partial charge in [0, 0.05) is 0 Å². The molecule has 1 aromatic rings. The van der Waals surface area contributed by atoms with E-state index in [1.165, 1.54) is 0 Å². The first-order valence-electron chi connectivity index (χ1n) is 6.32. The van der Waals surface area contributed by atoms with Crippen molar-refractivity contribution in [3.05, 3.63) is 24.3 Å². The lowest BCUT2D eigenvalue weighted by molar-refractivity contribution is -0.128. The monoisotopic (exact) mass is 267 g/mol. The molecule has 106 valence electrons. The smallest absolute Gasteiger partial charge is 0.261 e. The second-order valence-corrected chi connectivity index (χ2v) is 4.23. The fraction of sp³-hybridized carbons (Fsp3) is 0.500. The van der Waals surface area contributed by atoms with Crippen molar-refractivity contribution in [3.63, 3.8) is 0 Å². The highest BCUT2D eigenvalue weighted by Crippen LogP contribution is 2.18. The molecule has 1 aromatic carbocycles. The summed E-state index contributed by atoms with van der Waals surface area (Å²) >= 11 is 0. The molecular formula is C14H21NO4. The molecule has 19 heavy (non-hydrogen) atoms. The molecule has 0 saturated carbocycles. The van der Waals surface area contributed by atoms with Crippen molar-refractivity contribution < 1.29 is 19.4 Å². The van der Waals surface area contributed by atoms with Crippen LogP contribution < -0.4 is 14.8 Å². The van der Waals surface area contributed by atoms with Crippen LogP contribution in [-0.2, 0) is 4.79 Å². The molecule has 0 aromatic heterocycles. The fourth-order valence-corrected chi connectivity index (χ4v) is 1.51. The first-order chi connectivity index (χ1) is 9.10. The van der Waals surface area contributed by atoms with Gasteiger partial charge in [-0.1, -0.05) is 6.92 Å². The SMILES string of the molecule is CC[C@@H](CO)NC(=O)C(C)Oc1ccc(OC)cc1. The van der Waals surface area contributed by atoms with Gasteiger partial charge in [-0.15, -0.1) is 0 Å². The maximum atomic E-state index is 11.8. The van der Waals surface area contributed by atoms with E-state index in [0.29, 0.717) is 12.2 Å². The molecule has 5 heteroatoms. The lowest BCUT2D eigenvalue weighted by Crippen LogP contribution is -2.43. The summed E-state index contributed by atoms with van der Waals surface area (Å²) < 4.78 is 10.6. The Hall–Kier alpha value is -1.75. The lowest BCUT2D eigenvalue weighted by atomic mass is 10.2. The predicted octanol–water partition coefficient (Wildman–Crippen LogP) is 1.35. The number of rotatable bonds is 7. The van der Waals surface area contributed by atoms with Crippen molar-refractivity contribution in [1.29, 1.82) is 0 Å². The number of nitrogens with one attached hydrogen (secondary N) is 1. The van der Waals surface area contributed by atoms with Crippen molar-refractivity contribution in [3.8, 4) is 11.5 Å². The summed E-state index contributed by atoms with van der Waals surface area (Å²) in [5, 5.41) is 11.8. The summed E-state index contributed by atoms with van der Waals surface area (Å²) in [7, 11) is 1.59. The maximum absolute atomic E-state index is 11.8. The van der Waals surface area contributed by atoms with Gasteiger partial charge in [-0.25, -0.2) is 0 Å². The molecule has 0 fully saturated rings. The number of ether oxygens (including phenoxy) is 2. The first kappa shape index (κ1) is 15.3. The number of hydrogen-bond donors (Lipinski definition) is 2. The van der Waals surface area contributed by atoms with Gasteiger partial charge in [-0.05, 0) is 37.6 Å². The number of methoxy groups -OCH3 is 1. The molecule has 2 N–H and O–H groups in total. The average Bonchev–Trinajstić information content (AvgIpc) is 2.45. The minimum absolute atomic E-state index is 0.0719. The Morgan fingerprint density at radius 3 is 2.37 bits per heavy atom. The number of aliphatic hydroxyl groups is 1. The molecule has 2 atom stereocenters. The van der Waals surface area contributed by atoms with E-state index in [0.717, 1.165) is 5.75 Å². The van der Waals surface area contributed by atoms with Gasteiger partial charge >= 0.3 is 0 Å². The Morgan fingerprint density at radius 2 is 1.89 bits per heavy atom. The minimum Gasteiger partial charge on any atom is -0.497 e. The van der Waals surface area contributed by atoms with Gasteiger partial charge < -0.3 is 19.9 Å². The molecule has 1 amide bonds. The van der Waals surface area contributed by atoms with Crippen LogP contribution in [0.2, 0.25) is 0 Å². The van der Waals surface area contributed by atoms with E-state index in [4.69, 9.17) is 14.6 Å². The summed E-state index contributed by atoms with van der Waals surface area (Å²) in [5.74, 6) is 1.09. The summed E-state index contributed by atoms with van der Waals surface area (Å²) in [6.07, 6.45) is 0.0614. The van der Waals surface area contributed by atoms with Crippen molar-refractivity contribution in [2.24, 2.45) is 0 Å². The average molecular weight is 267 g/mol. The second-order valence-electron chi connectivity index (χ2n) is 4.23. The molecule has 0 aliphatic heterocycles. The zero-order valence-electron chi connectivity index (χ0n) is 11.6. The van der Waals surface area contributed by atoms with Gasteiger partial charge in [0.25, 0.3) is 5.91 Å². The van der Waals surface area contributed by atoms with Gasteiger partial charge in [0.05, 0.1) is 19.8 Å². The van der Waals surface area contributed by atoms with E-state index in [-0.39, 0.29) is 18.6 Å². The molecule has 0 radical (unpaired) electrons. The molecule has 0 bridgehead atoms. The van der Waals surface area contributed by atoms with E-state index in [1.54, 1.807) is 38.3 Å². The van der Waals surface area contributed by atoms with Crippen LogP contribution in [0.3, 0.4) is 0 Å². The Balaban J connectivity index is 2.53. The van der Waals surface area contributed by atoms with Gasteiger partial charge in [-0.3, -0.25) is 4.79 Å². The van der Waals surface area contributed by atoms with Gasteiger partial charge in [0.1, 0.15) is 11.5 Å². The van der Waals surface area contributed by atoms with Crippen molar-refractivity contribution in [2.45, 2.75) is 32.4 Å². The van der Waals surface area contributed by atoms with E-state index in [9.17, 15) is 4.79 Å². The zero-order chi connectivity index (χ0) is 14.3. The predicted molar refractivity (Wildman–Crippen MR) is 72.4 cm³/mol. The van der Waals surface area contributed by atoms with Crippen LogP contribution in [-0.4, -0.2) is 36.9 Å². The Labute approximate surface area is 113 Å². The fourth-order valence-electron chi connectivity index (χ4n) is 1.51. The van der Waals surface area contributed by atoms with Crippen molar-refractivity contribution in [1.82, 2.24) is 5.32 Å². The normalized spacial score (nSPS) is 13.5. The standard InChI is InChI=1S/C14H21NO4/c1-4-11(9-16)15-14(17)10(2)19-13-7-5-12(18-3)6-8-13/h5-8,10-11,16H,4,9H2,1-3H3,(H,15,17)/t10?,11-/m0/s1. The molecule has 1 rings (SSSR count). The number of aliphatic hydroxyl groups excluding tert-OH is 1. The van der Waals surface area contributed by atoms with Crippen LogP contribution in [0.5, 0.6) is 11.5 Å². The minimum atomic E-state index is -0.617. The van der Waals surface area contributed by atoms with Crippen LogP contribution in [0.25, 0.3) is 0 Å². The van der Waals surface area contributed by atoms with E-state index >= 15 is 0 Å². The molecule has 0 heterocycles. The topological polar surface area (TPSA) is 67.8 Å².